The Hall–Kier alpha value is -2.66. The summed E-state index contributed by atoms with van der Waals surface area (Å²) in [5, 5.41) is 4.09. The summed E-state index contributed by atoms with van der Waals surface area (Å²) >= 11 is 5.63. The van der Waals surface area contributed by atoms with Crippen molar-refractivity contribution in [2.24, 2.45) is 0 Å². The van der Waals surface area contributed by atoms with Gasteiger partial charge in [0.25, 0.3) is 0 Å². The van der Waals surface area contributed by atoms with E-state index < -0.39 is 0 Å². The maximum absolute atomic E-state index is 5.95. The largest absolute Gasteiger partial charge is 0.464 e. The van der Waals surface area contributed by atoms with Crippen LogP contribution in [-0.4, -0.2) is 10.1 Å². The summed E-state index contributed by atoms with van der Waals surface area (Å²) in [5.41, 5.74) is 1.98. The number of nitrogens with zero attached hydrogens (tertiary/aromatic N) is 2. The average molecular weight is 335 g/mol. The fourth-order valence-corrected chi connectivity index (χ4v) is 3.47. The first-order valence-electron chi connectivity index (χ1n) is 7.86. The van der Waals surface area contributed by atoms with E-state index in [-0.39, 0.29) is 12.1 Å². The summed E-state index contributed by atoms with van der Waals surface area (Å²) < 4.78 is 5.95. The van der Waals surface area contributed by atoms with Crippen molar-refractivity contribution in [1.82, 2.24) is 10.3 Å². The minimum absolute atomic E-state index is 0.0653. The highest BCUT2D eigenvalue weighted by atomic mass is 32.1. The van der Waals surface area contributed by atoms with Gasteiger partial charge in [0.2, 0.25) is 0 Å². The predicted octanol–water partition coefficient (Wildman–Crippen LogP) is 4.16. The average Bonchev–Trinajstić information content (AvgIpc) is 3.19. The minimum atomic E-state index is -0.0801. The molecule has 0 saturated carbocycles. The Bertz CT molecular complexity index is 847. The zero-order valence-electron chi connectivity index (χ0n) is 13.2. The Balaban J connectivity index is 1.82. The van der Waals surface area contributed by atoms with Crippen molar-refractivity contribution in [3.8, 4) is 0 Å². The third-order valence-corrected chi connectivity index (χ3v) is 4.50. The van der Waals surface area contributed by atoms with E-state index in [1.54, 1.807) is 6.20 Å². The van der Waals surface area contributed by atoms with Crippen LogP contribution in [-0.2, 0) is 0 Å². The molecule has 1 aromatic carbocycles. The van der Waals surface area contributed by atoms with Crippen LogP contribution in [0.1, 0.15) is 29.3 Å². The summed E-state index contributed by atoms with van der Waals surface area (Å²) in [6, 6.07) is 19.9. The van der Waals surface area contributed by atoms with Crippen molar-refractivity contribution in [2.75, 3.05) is 4.90 Å². The van der Waals surface area contributed by atoms with Gasteiger partial charge in [-0.25, -0.2) is 0 Å². The van der Waals surface area contributed by atoms with Crippen molar-refractivity contribution in [1.29, 1.82) is 0 Å². The van der Waals surface area contributed by atoms with Gasteiger partial charge in [-0.15, -0.1) is 0 Å². The van der Waals surface area contributed by atoms with E-state index in [0.717, 1.165) is 22.9 Å². The quantitative estimate of drug-likeness (QED) is 0.728. The number of anilines is 1. The highest BCUT2D eigenvalue weighted by Gasteiger charge is 2.42. The molecule has 2 aromatic heterocycles. The van der Waals surface area contributed by atoms with E-state index in [1.165, 1.54) is 0 Å². The van der Waals surface area contributed by atoms with Gasteiger partial charge in [0, 0.05) is 11.9 Å². The fraction of sp³-hybridized carbons (Fsp3) is 0.158. The van der Waals surface area contributed by atoms with Crippen molar-refractivity contribution >= 4 is 23.0 Å². The first-order chi connectivity index (χ1) is 11.7. The number of hydrogen-bond donors (Lipinski definition) is 1. The molecule has 3 aromatic rings. The molecule has 4 nitrogen and oxygen atoms in total. The highest BCUT2D eigenvalue weighted by Crippen LogP contribution is 2.41. The van der Waals surface area contributed by atoms with Crippen LogP contribution in [0.2, 0.25) is 0 Å². The van der Waals surface area contributed by atoms with Gasteiger partial charge in [-0.1, -0.05) is 24.3 Å². The summed E-state index contributed by atoms with van der Waals surface area (Å²) in [7, 11) is 0. The topological polar surface area (TPSA) is 41.3 Å². The van der Waals surface area contributed by atoms with Gasteiger partial charge in [-0.05, 0) is 55.5 Å². The molecule has 5 heteroatoms. The van der Waals surface area contributed by atoms with Crippen molar-refractivity contribution in [3.05, 3.63) is 84.1 Å². The van der Waals surface area contributed by atoms with Gasteiger partial charge in [0.15, 0.2) is 5.11 Å². The minimum Gasteiger partial charge on any atom is -0.464 e. The van der Waals surface area contributed by atoms with Crippen molar-refractivity contribution in [3.63, 3.8) is 0 Å². The van der Waals surface area contributed by atoms with Crippen molar-refractivity contribution in [2.45, 2.75) is 19.0 Å². The Morgan fingerprint density at radius 3 is 2.50 bits per heavy atom. The molecular weight excluding hydrogens is 318 g/mol. The number of nitrogens with one attached hydrogen (secondary N) is 1. The van der Waals surface area contributed by atoms with Crippen LogP contribution in [0.4, 0.5) is 5.69 Å². The molecule has 3 heterocycles. The Morgan fingerprint density at radius 1 is 1.04 bits per heavy atom. The summed E-state index contributed by atoms with van der Waals surface area (Å²) in [5.74, 6) is 1.76. The Labute approximate surface area is 146 Å². The van der Waals surface area contributed by atoms with Crippen LogP contribution in [0.5, 0.6) is 0 Å². The van der Waals surface area contributed by atoms with Crippen molar-refractivity contribution < 1.29 is 4.42 Å². The van der Waals surface area contributed by atoms with Crippen LogP contribution < -0.4 is 10.2 Å². The fourth-order valence-electron chi connectivity index (χ4n) is 3.12. The van der Waals surface area contributed by atoms with Gasteiger partial charge < -0.3 is 14.6 Å². The standard InChI is InChI=1S/C19H17N3OS/c1-13-10-11-16(23-13)18-17(15-9-5-6-12-20-15)21-19(24)22(18)14-7-3-2-4-8-14/h2-12,17-18H,1H3,(H,21,24)/t17-,18-/m0/s1. The molecule has 1 N–H and O–H groups in total. The molecule has 24 heavy (non-hydrogen) atoms. The third-order valence-electron chi connectivity index (χ3n) is 4.19. The zero-order chi connectivity index (χ0) is 16.5. The first-order valence-corrected chi connectivity index (χ1v) is 8.27. The number of para-hydroxylation sites is 1. The number of aryl methyl sites for hydroxylation is 1. The van der Waals surface area contributed by atoms with E-state index in [2.05, 4.69) is 27.3 Å². The van der Waals surface area contributed by atoms with Crippen LogP contribution in [0.15, 0.2) is 71.3 Å². The molecule has 0 amide bonds. The number of aromatic nitrogens is 1. The monoisotopic (exact) mass is 335 g/mol. The first kappa shape index (κ1) is 14.9. The van der Waals surface area contributed by atoms with Gasteiger partial charge in [-0.3, -0.25) is 4.98 Å². The second kappa shape index (κ2) is 6.09. The maximum Gasteiger partial charge on any atom is 0.174 e. The second-order valence-electron chi connectivity index (χ2n) is 5.78. The van der Waals surface area contributed by atoms with E-state index >= 15 is 0 Å². The lowest BCUT2D eigenvalue weighted by molar-refractivity contribution is 0.418. The van der Waals surface area contributed by atoms with Gasteiger partial charge in [0.05, 0.1) is 11.7 Å². The number of thiocarbonyl (C=S) groups is 1. The number of furan rings is 1. The molecular formula is C19H17N3OS. The molecule has 0 radical (unpaired) electrons. The summed E-state index contributed by atoms with van der Waals surface area (Å²) in [4.78, 5) is 6.62. The summed E-state index contributed by atoms with van der Waals surface area (Å²) in [6.45, 7) is 1.95. The number of pyridine rings is 1. The van der Waals surface area contributed by atoms with Crippen LogP contribution >= 0.6 is 12.2 Å². The lowest BCUT2D eigenvalue weighted by Gasteiger charge is -2.26. The molecule has 0 aliphatic carbocycles. The van der Waals surface area contributed by atoms with E-state index in [1.807, 2.05) is 55.5 Å². The molecule has 1 aliphatic heterocycles. The number of benzene rings is 1. The molecule has 120 valence electrons. The molecule has 4 rings (SSSR count). The van der Waals surface area contributed by atoms with E-state index in [4.69, 9.17) is 16.6 Å². The summed E-state index contributed by atoms with van der Waals surface area (Å²) in [6.07, 6.45) is 1.80. The second-order valence-corrected chi connectivity index (χ2v) is 6.17. The maximum atomic E-state index is 5.95. The molecule has 1 saturated heterocycles. The number of hydrogen-bond acceptors (Lipinski definition) is 3. The van der Waals surface area contributed by atoms with Gasteiger partial charge in [-0.2, -0.15) is 0 Å². The molecule has 2 atom stereocenters. The zero-order valence-corrected chi connectivity index (χ0v) is 14.0. The SMILES string of the molecule is Cc1ccc([C@H]2[C@H](c3ccccn3)NC(=S)N2c2ccccc2)o1. The van der Waals surface area contributed by atoms with Gasteiger partial charge >= 0.3 is 0 Å². The normalized spacial score (nSPS) is 20.2. The lowest BCUT2D eigenvalue weighted by atomic mass is 10.0. The molecule has 0 bridgehead atoms. The number of rotatable bonds is 3. The van der Waals surface area contributed by atoms with E-state index in [0.29, 0.717) is 5.11 Å². The van der Waals surface area contributed by atoms with Crippen LogP contribution in [0, 0.1) is 6.92 Å². The lowest BCUT2D eigenvalue weighted by Crippen LogP contribution is -2.29. The predicted molar refractivity (Wildman–Crippen MR) is 97.8 cm³/mol. The van der Waals surface area contributed by atoms with Crippen LogP contribution in [0.25, 0.3) is 0 Å². The van der Waals surface area contributed by atoms with Crippen LogP contribution in [0.3, 0.4) is 0 Å². The molecule has 0 unspecified atom stereocenters. The molecule has 0 spiro atoms. The van der Waals surface area contributed by atoms with Gasteiger partial charge in [0.1, 0.15) is 17.6 Å². The molecule has 1 fully saturated rings. The third kappa shape index (κ3) is 2.57. The Kier molecular flexibility index (Phi) is 3.78. The Morgan fingerprint density at radius 2 is 1.83 bits per heavy atom. The molecule has 1 aliphatic rings. The smallest absolute Gasteiger partial charge is 0.174 e. The highest BCUT2D eigenvalue weighted by molar-refractivity contribution is 7.80. The van der Waals surface area contributed by atoms with E-state index in [9.17, 15) is 0 Å².